The van der Waals surface area contributed by atoms with E-state index < -0.39 is 0 Å². The highest BCUT2D eigenvalue weighted by Gasteiger charge is 2.28. The second kappa shape index (κ2) is 7.46. The average molecular weight is 300 g/mol. The highest BCUT2D eigenvalue weighted by molar-refractivity contribution is 5.74. The van der Waals surface area contributed by atoms with E-state index in [4.69, 9.17) is 15.3 Å². The molecule has 3 amide bonds. The van der Waals surface area contributed by atoms with Crippen LogP contribution in [0.4, 0.5) is 9.59 Å². The third-order valence-electron chi connectivity index (χ3n) is 3.93. The molecule has 0 radical (unpaired) electrons. The molecular formula is C13H24N4O4. The normalized spacial score (nSPS) is 22.9. The molecule has 0 aromatic rings. The number of amides is 3. The summed E-state index contributed by atoms with van der Waals surface area (Å²) in [6, 6.07) is -0.173. The van der Waals surface area contributed by atoms with Crippen LogP contribution >= 0.6 is 0 Å². The fourth-order valence-corrected chi connectivity index (χ4v) is 2.80. The van der Waals surface area contributed by atoms with Gasteiger partial charge in [-0.1, -0.05) is 0 Å². The number of nitrogens with two attached hydrogens (primary N) is 1. The maximum Gasteiger partial charge on any atom is 0.409 e. The first-order valence-electron chi connectivity index (χ1n) is 7.33. The van der Waals surface area contributed by atoms with E-state index in [9.17, 15) is 9.59 Å². The van der Waals surface area contributed by atoms with Gasteiger partial charge >= 0.3 is 12.1 Å². The molecule has 2 fully saturated rings. The molecule has 2 heterocycles. The molecule has 8 heteroatoms. The van der Waals surface area contributed by atoms with Gasteiger partial charge in [0.2, 0.25) is 0 Å². The summed E-state index contributed by atoms with van der Waals surface area (Å²) in [7, 11) is 1.38. The van der Waals surface area contributed by atoms with Gasteiger partial charge in [0.25, 0.3) is 0 Å². The molecule has 2 N–H and O–H groups in total. The largest absolute Gasteiger partial charge is 0.453 e. The lowest BCUT2D eigenvalue weighted by Crippen LogP contribution is -2.53. The van der Waals surface area contributed by atoms with E-state index in [1.165, 1.54) is 12.1 Å². The third kappa shape index (κ3) is 4.21. The van der Waals surface area contributed by atoms with Crippen LogP contribution in [0.25, 0.3) is 0 Å². The molecule has 0 spiro atoms. The Hall–Kier alpha value is -1.54. The summed E-state index contributed by atoms with van der Waals surface area (Å²) in [5.41, 5.74) is 0. The number of rotatable bonds is 2. The van der Waals surface area contributed by atoms with Gasteiger partial charge in [-0.05, 0) is 18.8 Å². The highest BCUT2D eigenvalue weighted by Crippen LogP contribution is 2.18. The van der Waals surface area contributed by atoms with Crippen LogP contribution in [0.5, 0.6) is 0 Å². The zero-order valence-electron chi connectivity index (χ0n) is 12.5. The lowest BCUT2D eigenvalue weighted by atomic mass is 9.98. The molecule has 0 bridgehead atoms. The Balaban J connectivity index is 1.82. The van der Waals surface area contributed by atoms with Crippen molar-refractivity contribution >= 4 is 12.1 Å². The van der Waals surface area contributed by atoms with Gasteiger partial charge in [0.15, 0.2) is 0 Å². The quantitative estimate of drug-likeness (QED) is 0.444. The summed E-state index contributed by atoms with van der Waals surface area (Å²) in [6.07, 6.45) is 1.54. The minimum Gasteiger partial charge on any atom is -0.453 e. The molecular weight excluding hydrogens is 276 g/mol. The van der Waals surface area contributed by atoms with Crippen molar-refractivity contribution in [3.8, 4) is 0 Å². The molecule has 120 valence electrons. The van der Waals surface area contributed by atoms with E-state index in [0.717, 1.165) is 12.8 Å². The number of carbonyl (C=O) groups is 2. The Morgan fingerprint density at radius 3 is 2.67 bits per heavy atom. The summed E-state index contributed by atoms with van der Waals surface area (Å²) >= 11 is 0. The number of hydrazine groups is 1. The summed E-state index contributed by atoms with van der Waals surface area (Å²) < 4.78 is 9.96. The van der Waals surface area contributed by atoms with Crippen LogP contribution in [-0.2, 0) is 9.47 Å². The molecule has 2 aliphatic rings. The second-order valence-corrected chi connectivity index (χ2v) is 5.46. The van der Waals surface area contributed by atoms with E-state index in [0.29, 0.717) is 45.9 Å². The average Bonchev–Trinajstić information content (AvgIpc) is 2.54. The number of ether oxygens (including phenoxy) is 2. The lowest BCUT2D eigenvalue weighted by Gasteiger charge is -2.35. The summed E-state index contributed by atoms with van der Waals surface area (Å²) in [5.74, 6) is 6.09. The molecule has 1 atom stereocenters. The number of morpholine rings is 1. The maximum absolute atomic E-state index is 12.2. The number of piperidine rings is 1. The number of likely N-dealkylation sites (tertiary alicyclic amines) is 1. The van der Waals surface area contributed by atoms with Gasteiger partial charge in [-0.15, -0.1) is 0 Å². The van der Waals surface area contributed by atoms with Crippen LogP contribution in [0.15, 0.2) is 0 Å². The van der Waals surface area contributed by atoms with Crippen molar-refractivity contribution in [2.45, 2.75) is 12.8 Å². The zero-order chi connectivity index (χ0) is 15.2. The number of hydrogen-bond donors (Lipinski definition) is 1. The van der Waals surface area contributed by atoms with E-state index in [1.807, 2.05) is 0 Å². The molecule has 1 unspecified atom stereocenters. The SMILES string of the molecule is COC(=O)N1CCCC(CN(N)C(=O)N2CCOCC2)C1. The minimum absolute atomic E-state index is 0.173. The monoisotopic (exact) mass is 300 g/mol. The van der Waals surface area contributed by atoms with Crippen LogP contribution in [0.3, 0.4) is 0 Å². The van der Waals surface area contributed by atoms with Gasteiger partial charge in [0, 0.05) is 32.7 Å². The Kier molecular flexibility index (Phi) is 5.63. The predicted octanol–water partition coefficient (Wildman–Crippen LogP) is 0.0927. The van der Waals surface area contributed by atoms with Gasteiger partial charge in [-0.3, -0.25) is 5.01 Å². The molecule has 8 nitrogen and oxygen atoms in total. The zero-order valence-corrected chi connectivity index (χ0v) is 12.5. The minimum atomic E-state index is -0.317. The van der Waals surface area contributed by atoms with Crippen LogP contribution in [0.2, 0.25) is 0 Å². The number of methoxy groups -OCH3 is 1. The van der Waals surface area contributed by atoms with Gasteiger partial charge in [0.1, 0.15) is 0 Å². The van der Waals surface area contributed by atoms with Crippen molar-refractivity contribution in [1.29, 1.82) is 0 Å². The number of urea groups is 1. The molecule has 0 aromatic heterocycles. The molecule has 2 aliphatic heterocycles. The topological polar surface area (TPSA) is 88.3 Å². The van der Waals surface area contributed by atoms with Crippen molar-refractivity contribution in [2.24, 2.45) is 11.8 Å². The van der Waals surface area contributed by atoms with Crippen LogP contribution in [0.1, 0.15) is 12.8 Å². The van der Waals surface area contributed by atoms with Gasteiger partial charge in [-0.25, -0.2) is 15.4 Å². The first-order valence-corrected chi connectivity index (χ1v) is 7.33. The second-order valence-electron chi connectivity index (χ2n) is 5.46. The fraction of sp³-hybridized carbons (Fsp3) is 0.846. The highest BCUT2D eigenvalue weighted by atomic mass is 16.5. The van der Waals surface area contributed by atoms with Crippen molar-refractivity contribution in [3.63, 3.8) is 0 Å². The van der Waals surface area contributed by atoms with Gasteiger partial charge < -0.3 is 19.3 Å². The van der Waals surface area contributed by atoms with Gasteiger partial charge in [0.05, 0.1) is 20.3 Å². The van der Waals surface area contributed by atoms with Crippen molar-refractivity contribution in [2.75, 3.05) is 53.0 Å². The fourth-order valence-electron chi connectivity index (χ4n) is 2.80. The molecule has 0 aromatic carbocycles. The third-order valence-corrected chi connectivity index (χ3v) is 3.93. The van der Waals surface area contributed by atoms with Crippen molar-refractivity contribution in [3.05, 3.63) is 0 Å². The Morgan fingerprint density at radius 2 is 2.00 bits per heavy atom. The molecule has 0 saturated carbocycles. The maximum atomic E-state index is 12.2. The molecule has 21 heavy (non-hydrogen) atoms. The number of carbonyl (C=O) groups excluding carboxylic acids is 2. The lowest BCUT2D eigenvalue weighted by molar-refractivity contribution is 0.0397. The molecule has 0 aliphatic carbocycles. The predicted molar refractivity (Wildman–Crippen MR) is 75.4 cm³/mol. The standard InChI is InChI=1S/C13H24N4O4/c1-20-13(19)16-4-2-3-11(9-16)10-17(14)12(18)15-5-7-21-8-6-15/h11H,2-10,14H2,1H3. The van der Waals surface area contributed by atoms with Crippen molar-refractivity contribution < 1.29 is 19.1 Å². The van der Waals surface area contributed by atoms with E-state index in [2.05, 4.69) is 0 Å². The van der Waals surface area contributed by atoms with Crippen LogP contribution in [0, 0.1) is 5.92 Å². The van der Waals surface area contributed by atoms with Crippen molar-refractivity contribution in [1.82, 2.24) is 14.8 Å². The Morgan fingerprint density at radius 1 is 1.29 bits per heavy atom. The number of hydrogen-bond acceptors (Lipinski definition) is 5. The van der Waals surface area contributed by atoms with E-state index in [-0.39, 0.29) is 18.0 Å². The van der Waals surface area contributed by atoms with Gasteiger partial charge in [-0.2, -0.15) is 0 Å². The smallest absolute Gasteiger partial charge is 0.409 e. The Labute approximate surface area is 124 Å². The Bertz CT molecular complexity index is 373. The summed E-state index contributed by atoms with van der Waals surface area (Å²) in [6.45, 7) is 3.99. The van der Waals surface area contributed by atoms with E-state index >= 15 is 0 Å². The summed E-state index contributed by atoms with van der Waals surface area (Å²) in [4.78, 5) is 27.1. The van der Waals surface area contributed by atoms with Crippen LogP contribution < -0.4 is 5.84 Å². The number of nitrogens with zero attached hydrogens (tertiary/aromatic N) is 3. The van der Waals surface area contributed by atoms with E-state index in [1.54, 1.807) is 9.80 Å². The first kappa shape index (κ1) is 15.8. The van der Waals surface area contributed by atoms with Crippen LogP contribution in [-0.4, -0.2) is 80.0 Å². The molecule has 2 rings (SSSR count). The first-order chi connectivity index (χ1) is 10.1. The molecule has 2 saturated heterocycles. The summed E-state index contributed by atoms with van der Waals surface area (Å²) in [5, 5.41) is 1.26.